The Hall–Kier alpha value is -1.62. The van der Waals surface area contributed by atoms with Crippen molar-refractivity contribution in [2.75, 3.05) is 19.7 Å². The Bertz CT molecular complexity index is 586. The summed E-state index contributed by atoms with van der Waals surface area (Å²) < 4.78 is 15.8. The van der Waals surface area contributed by atoms with Crippen molar-refractivity contribution >= 4 is 29.9 Å². The van der Waals surface area contributed by atoms with E-state index in [2.05, 4.69) is 25.8 Å². The second-order valence-corrected chi connectivity index (χ2v) is 4.84. The first kappa shape index (κ1) is 20.4. The fourth-order valence-corrected chi connectivity index (χ4v) is 1.84. The number of furan rings is 1. The van der Waals surface area contributed by atoms with Crippen LogP contribution in [0.5, 0.6) is 0 Å². The van der Waals surface area contributed by atoms with Gasteiger partial charge in [0.25, 0.3) is 0 Å². The summed E-state index contributed by atoms with van der Waals surface area (Å²) in [5.41, 5.74) is 0. The zero-order valence-electron chi connectivity index (χ0n) is 13.9. The first-order chi connectivity index (χ1) is 11.3. The monoisotopic (exact) mass is 449 g/mol. The number of aryl methyl sites for hydroxylation is 1. The number of hydrogen-bond donors (Lipinski definition) is 2. The van der Waals surface area contributed by atoms with E-state index in [0.29, 0.717) is 31.5 Å². The third-order valence-electron chi connectivity index (χ3n) is 2.87. The van der Waals surface area contributed by atoms with E-state index in [1.165, 1.54) is 0 Å². The molecule has 134 valence electrons. The average molecular weight is 449 g/mol. The summed E-state index contributed by atoms with van der Waals surface area (Å²) in [7, 11) is 0. The minimum atomic E-state index is 0. The summed E-state index contributed by atoms with van der Waals surface area (Å²) in [6, 6.07) is 3.75. The Balaban J connectivity index is 0.00000288. The minimum Gasteiger partial charge on any atom is -0.467 e. The maximum atomic E-state index is 5.52. The van der Waals surface area contributed by atoms with Crippen LogP contribution >= 0.6 is 24.0 Å². The van der Waals surface area contributed by atoms with Crippen molar-refractivity contribution in [2.24, 2.45) is 4.99 Å². The van der Waals surface area contributed by atoms with Gasteiger partial charge in [0.2, 0.25) is 5.89 Å². The molecule has 0 aliphatic carbocycles. The van der Waals surface area contributed by atoms with Gasteiger partial charge < -0.3 is 24.3 Å². The van der Waals surface area contributed by atoms with Crippen LogP contribution in [0.15, 0.2) is 32.3 Å². The molecule has 0 saturated carbocycles. The molecule has 0 aliphatic heterocycles. The van der Waals surface area contributed by atoms with E-state index in [-0.39, 0.29) is 24.0 Å². The van der Waals surface area contributed by atoms with Crippen LogP contribution in [0.2, 0.25) is 0 Å². The Labute approximate surface area is 158 Å². The fraction of sp³-hybridized carbons (Fsp3) is 0.533. The normalized spacial score (nSPS) is 11.2. The van der Waals surface area contributed by atoms with Gasteiger partial charge in [0.15, 0.2) is 11.8 Å². The van der Waals surface area contributed by atoms with E-state index in [9.17, 15) is 0 Å². The van der Waals surface area contributed by atoms with Gasteiger partial charge in [-0.3, -0.25) is 0 Å². The summed E-state index contributed by atoms with van der Waals surface area (Å²) in [6.07, 6.45) is 2.51. The lowest BCUT2D eigenvalue weighted by molar-refractivity contribution is 0.105. The number of rotatable bonds is 9. The highest BCUT2D eigenvalue weighted by atomic mass is 127. The second-order valence-electron chi connectivity index (χ2n) is 4.84. The van der Waals surface area contributed by atoms with Crippen molar-refractivity contribution in [3.8, 4) is 0 Å². The number of hydrogen-bond acceptors (Lipinski definition) is 6. The Kier molecular flexibility index (Phi) is 10.1. The molecule has 0 aliphatic rings. The summed E-state index contributed by atoms with van der Waals surface area (Å²) >= 11 is 0. The molecule has 24 heavy (non-hydrogen) atoms. The number of nitrogens with one attached hydrogen (secondary N) is 2. The Morgan fingerprint density at radius 1 is 1.38 bits per heavy atom. The highest BCUT2D eigenvalue weighted by Crippen LogP contribution is 2.01. The maximum Gasteiger partial charge on any atom is 0.248 e. The van der Waals surface area contributed by atoms with E-state index in [4.69, 9.17) is 13.7 Å². The van der Waals surface area contributed by atoms with Crippen LogP contribution in [0.4, 0.5) is 0 Å². The molecular formula is C15H24IN5O3. The number of guanidine groups is 1. The van der Waals surface area contributed by atoms with Crippen molar-refractivity contribution in [1.29, 1.82) is 0 Å². The third-order valence-corrected chi connectivity index (χ3v) is 2.87. The number of aliphatic imine (C=N–C) groups is 1. The Morgan fingerprint density at radius 2 is 2.25 bits per heavy atom. The predicted octanol–water partition coefficient (Wildman–Crippen LogP) is 2.25. The number of ether oxygens (including phenoxy) is 1. The van der Waals surface area contributed by atoms with Crippen LogP contribution < -0.4 is 10.6 Å². The largest absolute Gasteiger partial charge is 0.467 e. The fourth-order valence-electron chi connectivity index (χ4n) is 1.84. The average Bonchev–Trinajstić information content (AvgIpc) is 3.19. The van der Waals surface area contributed by atoms with E-state index in [0.717, 1.165) is 31.2 Å². The van der Waals surface area contributed by atoms with Gasteiger partial charge in [-0.25, -0.2) is 4.99 Å². The first-order valence-corrected chi connectivity index (χ1v) is 7.69. The molecule has 2 heterocycles. The molecule has 2 rings (SSSR count). The van der Waals surface area contributed by atoms with Crippen LogP contribution in [0, 0.1) is 6.92 Å². The summed E-state index contributed by atoms with van der Waals surface area (Å²) in [5, 5.41) is 10.1. The van der Waals surface area contributed by atoms with Gasteiger partial charge in [-0.1, -0.05) is 5.16 Å². The van der Waals surface area contributed by atoms with Gasteiger partial charge in [-0.2, -0.15) is 4.98 Å². The second kappa shape index (κ2) is 11.8. The first-order valence-electron chi connectivity index (χ1n) is 7.69. The molecule has 0 atom stereocenters. The molecule has 0 radical (unpaired) electrons. The highest BCUT2D eigenvalue weighted by molar-refractivity contribution is 14.0. The van der Waals surface area contributed by atoms with E-state index < -0.39 is 0 Å². The maximum absolute atomic E-state index is 5.52. The number of halogens is 1. The van der Waals surface area contributed by atoms with Gasteiger partial charge in [-0.05, 0) is 32.4 Å². The molecule has 8 nitrogen and oxygen atoms in total. The topological polar surface area (TPSA) is 97.7 Å². The molecule has 0 amide bonds. The van der Waals surface area contributed by atoms with Gasteiger partial charge in [0, 0.05) is 19.7 Å². The summed E-state index contributed by atoms with van der Waals surface area (Å²) in [5.74, 6) is 2.67. The molecule has 2 aromatic heterocycles. The number of nitrogens with zero attached hydrogens (tertiary/aromatic N) is 3. The minimum absolute atomic E-state index is 0. The van der Waals surface area contributed by atoms with Crippen LogP contribution in [-0.2, 0) is 17.9 Å². The smallest absolute Gasteiger partial charge is 0.248 e. The van der Waals surface area contributed by atoms with E-state index in [1.54, 1.807) is 13.2 Å². The lowest BCUT2D eigenvalue weighted by Gasteiger charge is -2.10. The number of aromatic nitrogens is 2. The standard InChI is InChI=1S/C15H23N5O3.HI/c1-3-16-15(18-10-14-19-12(2)20-23-14)17-7-5-8-21-11-13-6-4-9-22-13;/h4,6,9H,3,5,7-8,10-11H2,1-2H3,(H2,16,17,18);1H. The molecule has 0 spiro atoms. The van der Waals surface area contributed by atoms with Crippen molar-refractivity contribution < 1.29 is 13.7 Å². The SMILES string of the molecule is CCNC(=NCc1nc(C)no1)NCCCOCc1ccco1.I. The molecule has 2 N–H and O–H groups in total. The van der Waals surface area contributed by atoms with Gasteiger partial charge in [0.05, 0.1) is 6.26 Å². The van der Waals surface area contributed by atoms with E-state index in [1.807, 2.05) is 19.1 Å². The lowest BCUT2D eigenvalue weighted by Crippen LogP contribution is -2.38. The van der Waals surface area contributed by atoms with Crippen molar-refractivity contribution in [1.82, 2.24) is 20.8 Å². The molecule has 0 fully saturated rings. The molecular weight excluding hydrogens is 425 g/mol. The molecule has 0 aromatic carbocycles. The van der Waals surface area contributed by atoms with Crippen LogP contribution in [0.3, 0.4) is 0 Å². The molecule has 0 saturated heterocycles. The summed E-state index contributed by atoms with van der Waals surface area (Å²) in [4.78, 5) is 8.52. The Morgan fingerprint density at radius 3 is 2.92 bits per heavy atom. The van der Waals surface area contributed by atoms with Crippen molar-refractivity contribution in [2.45, 2.75) is 33.4 Å². The van der Waals surface area contributed by atoms with Gasteiger partial charge >= 0.3 is 0 Å². The molecule has 2 aromatic rings. The molecule has 0 bridgehead atoms. The molecule has 9 heteroatoms. The van der Waals surface area contributed by atoms with E-state index >= 15 is 0 Å². The van der Waals surface area contributed by atoms with Gasteiger partial charge in [0.1, 0.15) is 18.9 Å². The zero-order chi connectivity index (χ0) is 16.3. The quantitative estimate of drug-likeness (QED) is 0.262. The lowest BCUT2D eigenvalue weighted by atomic mass is 10.4. The van der Waals surface area contributed by atoms with Crippen LogP contribution in [0.1, 0.15) is 30.8 Å². The highest BCUT2D eigenvalue weighted by Gasteiger charge is 2.03. The van der Waals surface area contributed by atoms with Crippen molar-refractivity contribution in [3.63, 3.8) is 0 Å². The van der Waals surface area contributed by atoms with Crippen molar-refractivity contribution in [3.05, 3.63) is 35.9 Å². The van der Waals surface area contributed by atoms with Gasteiger partial charge in [-0.15, -0.1) is 24.0 Å². The molecule has 0 unspecified atom stereocenters. The third kappa shape index (κ3) is 7.77. The zero-order valence-corrected chi connectivity index (χ0v) is 16.3. The van der Waals surface area contributed by atoms with Crippen LogP contribution in [-0.4, -0.2) is 35.8 Å². The predicted molar refractivity (Wildman–Crippen MR) is 100 cm³/mol. The van der Waals surface area contributed by atoms with Crippen LogP contribution in [0.25, 0.3) is 0 Å². The summed E-state index contributed by atoms with van der Waals surface area (Å²) in [6.45, 7) is 6.83.